The van der Waals surface area contributed by atoms with Crippen molar-refractivity contribution in [3.63, 3.8) is 0 Å². The smallest absolute Gasteiger partial charge is 0.217 e. The van der Waals surface area contributed by atoms with Crippen molar-refractivity contribution in [3.8, 4) is 0 Å². The fraction of sp³-hybridized carbons (Fsp3) is 0.909. The highest BCUT2D eigenvalue weighted by Gasteiger charge is 2.20. The van der Waals surface area contributed by atoms with Gasteiger partial charge in [0.25, 0.3) is 0 Å². The Morgan fingerprint density at radius 1 is 1.21 bits per heavy atom. The van der Waals surface area contributed by atoms with Crippen molar-refractivity contribution in [3.05, 3.63) is 0 Å². The Balaban J connectivity index is 0. The molecule has 0 bridgehead atoms. The van der Waals surface area contributed by atoms with Crippen LogP contribution < -0.4 is 5.32 Å². The lowest BCUT2D eigenvalue weighted by atomic mass is 10.0. The van der Waals surface area contributed by atoms with Gasteiger partial charge in [-0.05, 0) is 12.8 Å². The molecule has 0 heterocycles. The van der Waals surface area contributed by atoms with Crippen LogP contribution in [0.1, 0.15) is 41.5 Å². The standard InChI is InChI=1S/C9H19NO2.C2H6/c1-6(2)9(12-5)7(3)10-8(4)11;1-2/h6-7,9H,1-5H3,(H,10,11);1-2H3. The van der Waals surface area contributed by atoms with Gasteiger partial charge in [-0.3, -0.25) is 4.79 Å². The van der Waals surface area contributed by atoms with E-state index >= 15 is 0 Å². The SMILES string of the molecule is CC.COC(C(C)C)C(C)NC(C)=O. The Morgan fingerprint density at radius 3 is 1.86 bits per heavy atom. The summed E-state index contributed by atoms with van der Waals surface area (Å²) in [5.41, 5.74) is 0. The molecule has 0 spiro atoms. The molecule has 2 unspecified atom stereocenters. The maximum atomic E-state index is 10.7. The van der Waals surface area contributed by atoms with Crippen molar-refractivity contribution < 1.29 is 9.53 Å². The largest absolute Gasteiger partial charge is 0.379 e. The van der Waals surface area contributed by atoms with Gasteiger partial charge in [0.2, 0.25) is 5.91 Å². The summed E-state index contributed by atoms with van der Waals surface area (Å²) in [6.07, 6.45) is 0.0916. The molecule has 1 N–H and O–H groups in total. The molecule has 0 aliphatic heterocycles. The second kappa shape index (κ2) is 9.00. The molecule has 86 valence electrons. The molecule has 3 nitrogen and oxygen atoms in total. The molecule has 1 amide bonds. The Labute approximate surface area is 88.2 Å². The molecule has 0 radical (unpaired) electrons. The summed E-state index contributed by atoms with van der Waals surface area (Å²) in [5.74, 6) is 0.405. The van der Waals surface area contributed by atoms with E-state index in [0.29, 0.717) is 5.92 Å². The minimum atomic E-state index is -0.00907. The van der Waals surface area contributed by atoms with Crippen LogP contribution in [0.2, 0.25) is 0 Å². The molecule has 14 heavy (non-hydrogen) atoms. The van der Waals surface area contributed by atoms with Gasteiger partial charge < -0.3 is 10.1 Å². The third kappa shape index (κ3) is 6.89. The monoisotopic (exact) mass is 203 g/mol. The summed E-state index contributed by atoms with van der Waals surface area (Å²) in [4.78, 5) is 10.7. The quantitative estimate of drug-likeness (QED) is 0.760. The van der Waals surface area contributed by atoms with E-state index in [1.807, 2.05) is 20.8 Å². The topological polar surface area (TPSA) is 38.3 Å². The highest BCUT2D eigenvalue weighted by molar-refractivity contribution is 5.73. The van der Waals surface area contributed by atoms with Crippen molar-refractivity contribution in [2.45, 2.75) is 53.7 Å². The van der Waals surface area contributed by atoms with Gasteiger partial charge in [-0.15, -0.1) is 0 Å². The van der Waals surface area contributed by atoms with Crippen molar-refractivity contribution in [2.75, 3.05) is 7.11 Å². The Morgan fingerprint density at radius 2 is 1.64 bits per heavy atom. The second-order valence-corrected chi connectivity index (χ2v) is 3.43. The summed E-state index contributed by atoms with van der Waals surface area (Å²) in [6, 6.07) is 0.0764. The minimum Gasteiger partial charge on any atom is -0.379 e. The molecule has 0 rings (SSSR count). The fourth-order valence-corrected chi connectivity index (χ4v) is 1.46. The van der Waals surface area contributed by atoms with Crippen LogP contribution in [0.25, 0.3) is 0 Å². The molecule has 0 aromatic carbocycles. The molecule has 3 heteroatoms. The van der Waals surface area contributed by atoms with Crippen molar-refractivity contribution in [1.29, 1.82) is 0 Å². The Bertz CT molecular complexity index is 146. The third-order valence-corrected chi connectivity index (χ3v) is 1.85. The Hall–Kier alpha value is -0.570. The molecule has 0 saturated carbocycles. The fourth-order valence-electron chi connectivity index (χ4n) is 1.46. The molecule has 0 aliphatic rings. The van der Waals surface area contributed by atoms with Crippen molar-refractivity contribution >= 4 is 5.91 Å². The maximum absolute atomic E-state index is 10.7. The number of methoxy groups -OCH3 is 1. The predicted molar refractivity (Wildman–Crippen MR) is 60.3 cm³/mol. The average molecular weight is 203 g/mol. The van der Waals surface area contributed by atoms with Gasteiger partial charge in [0.1, 0.15) is 0 Å². The van der Waals surface area contributed by atoms with Gasteiger partial charge in [0.15, 0.2) is 0 Å². The third-order valence-electron chi connectivity index (χ3n) is 1.85. The Kier molecular flexibility index (Phi) is 10.2. The second-order valence-electron chi connectivity index (χ2n) is 3.43. The summed E-state index contributed by atoms with van der Waals surface area (Å²) < 4.78 is 5.26. The van der Waals surface area contributed by atoms with E-state index < -0.39 is 0 Å². The van der Waals surface area contributed by atoms with Gasteiger partial charge in [-0.2, -0.15) is 0 Å². The molecule has 0 aromatic heterocycles. The number of carbonyl (C=O) groups excluding carboxylic acids is 1. The van der Waals surface area contributed by atoms with Crippen LogP contribution in [0.3, 0.4) is 0 Å². The van der Waals surface area contributed by atoms with E-state index in [1.54, 1.807) is 7.11 Å². The number of ether oxygens (including phenoxy) is 1. The van der Waals surface area contributed by atoms with Crippen LogP contribution in [0.5, 0.6) is 0 Å². The van der Waals surface area contributed by atoms with E-state index in [2.05, 4.69) is 19.2 Å². The highest BCUT2D eigenvalue weighted by atomic mass is 16.5. The lowest BCUT2D eigenvalue weighted by Crippen LogP contribution is -2.43. The maximum Gasteiger partial charge on any atom is 0.217 e. The van der Waals surface area contributed by atoms with Crippen LogP contribution in [-0.4, -0.2) is 25.2 Å². The average Bonchev–Trinajstić information content (AvgIpc) is 2.06. The number of amides is 1. The zero-order valence-electron chi connectivity index (χ0n) is 10.5. The predicted octanol–water partition coefficient (Wildman–Crippen LogP) is 2.21. The number of hydrogen-bond acceptors (Lipinski definition) is 2. The van der Waals surface area contributed by atoms with E-state index in [9.17, 15) is 4.79 Å². The van der Waals surface area contributed by atoms with Crippen LogP contribution in [0, 0.1) is 5.92 Å². The molecule has 0 aromatic rings. The zero-order valence-corrected chi connectivity index (χ0v) is 10.5. The molecular formula is C11H25NO2. The first-order chi connectivity index (χ1) is 6.49. The number of rotatable bonds is 4. The molecule has 2 atom stereocenters. The number of nitrogens with one attached hydrogen (secondary N) is 1. The summed E-state index contributed by atoms with van der Waals surface area (Å²) in [5, 5.41) is 2.81. The van der Waals surface area contributed by atoms with Gasteiger partial charge >= 0.3 is 0 Å². The van der Waals surface area contributed by atoms with Crippen molar-refractivity contribution in [1.82, 2.24) is 5.32 Å². The first-order valence-electron chi connectivity index (χ1n) is 5.29. The van der Waals surface area contributed by atoms with E-state index in [-0.39, 0.29) is 18.1 Å². The van der Waals surface area contributed by atoms with Crippen LogP contribution in [0.15, 0.2) is 0 Å². The van der Waals surface area contributed by atoms with Crippen LogP contribution in [-0.2, 0) is 9.53 Å². The minimum absolute atomic E-state index is 0.00907. The summed E-state index contributed by atoms with van der Waals surface area (Å²) >= 11 is 0. The summed E-state index contributed by atoms with van der Waals surface area (Å²) in [7, 11) is 1.67. The lowest BCUT2D eigenvalue weighted by molar-refractivity contribution is -0.120. The van der Waals surface area contributed by atoms with Gasteiger partial charge in [-0.25, -0.2) is 0 Å². The molecular weight excluding hydrogens is 178 g/mol. The van der Waals surface area contributed by atoms with Crippen LogP contribution >= 0.6 is 0 Å². The van der Waals surface area contributed by atoms with E-state index in [4.69, 9.17) is 4.74 Å². The first-order valence-corrected chi connectivity index (χ1v) is 5.29. The van der Waals surface area contributed by atoms with Crippen molar-refractivity contribution in [2.24, 2.45) is 5.92 Å². The molecule has 0 aliphatic carbocycles. The van der Waals surface area contributed by atoms with Gasteiger partial charge in [0.05, 0.1) is 12.1 Å². The van der Waals surface area contributed by atoms with Gasteiger partial charge in [0, 0.05) is 14.0 Å². The molecule has 0 fully saturated rings. The van der Waals surface area contributed by atoms with E-state index in [0.717, 1.165) is 0 Å². The normalized spacial score (nSPS) is 14.0. The first kappa shape index (κ1) is 15.9. The molecule has 0 saturated heterocycles. The van der Waals surface area contributed by atoms with E-state index in [1.165, 1.54) is 6.92 Å². The lowest BCUT2D eigenvalue weighted by Gasteiger charge is -2.26. The van der Waals surface area contributed by atoms with Crippen LogP contribution in [0.4, 0.5) is 0 Å². The zero-order chi connectivity index (χ0) is 11.7. The summed E-state index contributed by atoms with van der Waals surface area (Å²) in [6.45, 7) is 11.6. The highest BCUT2D eigenvalue weighted by Crippen LogP contribution is 2.09. The van der Waals surface area contributed by atoms with Gasteiger partial charge in [-0.1, -0.05) is 27.7 Å². The number of carbonyl (C=O) groups is 1. The number of hydrogen-bond donors (Lipinski definition) is 1.